The number of furan rings is 1. The molecule has 1 aromatic carbocycles. The first-order chi connectivity index (χ1) is 9.20. The molecule has 1 aromatic heterocycles. The zero-order valence-corrected chi connectivity index (χ0v) is 12.4. The van der Waals surface area contributed by atoms with Gasteiger partial charge in [-0.3, -0.25) is 0 Å². The van der Waals surface area contributed by atoms with Crippen molar-refractivity contribution in [2.45, 2.75) is 25.8 Å². The summed E-state index contributed by atoms with van der Waals surface area (Å²) >= 11 is 3.38. The van der Waals surface area contributed by atoms with Gasteiger partial charge in [0.15, 0.2) is 0 Å². The number of rotatable bonds is 6. The van der Waals surface area contributed by atoms with E-state index < -0.39 is 0 Å². The molecule has 0 saturated heterocycles. The fourth-order valence-electron chi connectivity index (χ4n) is 2.02. The Labute approximate surface area is 121 Å². The molecule has 1 N–H and O–H groups in total. The lowest BCUT2D eigenvalue weighted by Gasteiger charge is -2.17. The minimum absolute atomic E-state index is 0.0718. The Morgan fingerprint density at radius 3 is 2.89 bits per heavy atom. The molecule has 1 heterocycles. The highest BCUT2D eigenvalue weighted by Gasteiger charge is 2.15. The maximum Gasteiger partial charge on any atom is 0.126 e. The van der Waals surface area contributed by atoms with Gasteiger partial charge in [0.2, 0.25) is 0 Å². The second-order valence-electron chi connectivity index (χ2n) is 4.50. The fraction of sp³-hybridized carbons (Fsp3) is 0.333. The first-order valence-electron chi connectivity index (χ1n) is 6.40. The van der Waals surface area contributed by atoms with Gasteiger partial charge in [0.1, 0.15) is 5.82 Å². The summed E-state index contributed by atoms with van der Waals surface area (Å²) in [6, 6.07) is 7.03. The molecule has 1 atom stereocenters. The molecule has 0 aliphatic rings. The van der Waals surface area contributed by atoms with Gasteiger partial charge in [-0.1, -0.05) is 22.9 Å². The van der Waals surface area contributed by atoms with E-state index >= 15 is 0 Å². The summed E-state index contributed by atoms with van der Waals surface area (Å²) in [6.45, 7) is 3.00. The third-order valence-electron chi connectivity index (χ3n) is 3.02. The molecular weight excluding hydrogens is 309 g/mol. The van der Waals surface area contributed by atoms with Crippen molar-refractivity contribution in [3.05, 3.63) is 58.2 Å². The SMILES string of the molecule is CCCNC(Cc1cc(Br)ccc1F)c1ccoc1. The molecule has 19 heavy (non-hydrogen) atoms. The highest BCUT2D eigenvalue weighted by molar-refractivity contribution is 9.10. The summed E-state index contributed by atoms with van der Waals surface area (Å²) in [5, 5.41) is 3.43. The molecule has 0 fully saturated rings. The van der Waals surface area contributed by atoms with E-state index in [4.69, 9.17) is 4.42 Å². The van der Waals surface area contributed by atoms with Gasteiger partial charge in [0, 0.05) is 16.1 Å². The molecule has 0 spiro atoms. The largest absolute Gasteiger partial charge is 0.472 e. The second kappa shape index (κ2) is 6.87. The van der Waals surface area contributed by atoms with Crippen molar-refractivity contribution in [1.29, 1.82) is 0 Å². The van der Waals surface area contributed by atoms with E-state index in [-0.39, 0.29) is 11.9 Å². The van der Waals surface area contributed by atoms with Crippen LogP contribution in [-0.4, -0.2) is 6.54 Å². The van der Waals surface area contributed by atoms with Crippen LogP contribution in [-0.2, 0) is 6.42 Å². The predicted molar refractivity (Wildman–Crippen MR) is 77.5 cm³/mol. The van der Waals surface area contributed by atoms with Crippen molar-refractivity contribution in [1.82, 2.24) is 5.32 Å². The van der Waals surface area contributed by atoms with Crippen molar-refractivity contribution in [2.75, 3.05) is 6.54 Å². The van der Waals surface area contributed by atoms with Gasteiger partial charge >= 0.3 is 0 Å². The second-order valence-corrected chi connectivity index (χ2v) is 5.42. The Kier molecular flexibility index (Phi) is 5.16. The molecule has 2 rings (SSSR count). The fourth-order valence-corrected chi connectivity index (χ4v) is 2.43. The molecule has 0 bridgehead atoms. The van der Waals surface area contributed by atoms with Crippen LogP contribution in [0.15, 0.2) is 45.7 Å². The third-order valence-corrected chi connectivity index (χ3v) is 3.51. The standard InChI is InChI=1S/C15H17BrFNO/c1-2-6-18-15(11-5-7-19-10-11)9-12-8-13(16)3-4-14(12)17/h3-5,7-8,10,15,18H,2,6,9H2,1H3. The van der Waals surface area contributed by atoms with Crippen molar-refractivity contribution in [3.8, 4) is 0 Å². The van der Waals surface area contributed by atoms with E-state index in [1.807, 2.05) is 12.1 Å². The molecule has 0 aliphatic carbocycles. The smallest absolute Gasteiger partial charge is 0.126 e. The Hall–Kier alpha value is -1.13. The van der Waals surface area contributed by atoms with Gasteiger partial charge < -0.3 is 9.73 Å². The van der Waals surface area contributed by atoms with E-state index in [2.05, 4.69) is 28.2 Å². The van der Waals surface area contributed by atoms with Gasteiger partial charge in [-0.05, 0) is 49.2 Å². The predicted octanol–water partition coefficient (Wildman–Crippen LogP) is 4.46. The molecular formula is C15H17BrFNO. The first kappa shape index (κ1) is 14.3. The average molecular weight is 326 g/mol. The monoisotopic (exact) mass is 325 g/mol. The first-order valence-corrected chi connectivity index (χ1v) is 7.19. The van der Waals surface area contributed by atoms with Gasteiger partial charge in [-0.2, -0.15) is 0 Å². The van der Waals surface area contributed by atoms with Crippen LogP contribution < -0.4 is 5.32 Å². The van der Waals surface area contributed by atoms with Gasteiger partial charge in [0.05, 0.1) is 12.5 Å². The zero-order valence-electron chi connectivity index (χ0n) is 10.8. The van der Waals surface area contributed by atoms with Crippen LogP contribution in [0.3, 0.4) is 0 Å². The normalized spacial score (nSPS) is 12.6. The minimum atomic E-state index is -0.171. The van der Waals surface area contributed by atoms with E-state index in [1.165, 1.54) is 6.07 Å². The molecule has 1 unspecified atom stereocenters. The summed E-state index contributed by atoms with van der Waals surface area (Å²) in [5.74, 6) is -0.171. The number of halogens is 2. The number of nitrogens with one attached hydrogen (secondary N) is 1. The molecule has 0 aliphatic heterocycles. The number of hydrogen-bond donors (Lipinski definition) is 1. The van der Waals surface area contributed by atoms with Crippen LogP contribution in [0.25, 0.3) is 0 Å². The topological polar surface area (TPSA) is 25.2 Å². The summed E-state index contributed by atoms with van der Waals surface area (Å²) in [7, 11) is 0. The molecule has 2 nitrogen and oxygen atoms in total. The van der Waals surface area contributed by atoms with E-state index in [0.717, 1.165) is 23.0 Å². The zero-order chi connectivity index (χ0) is 13.7. The van der Waals surface area contributed by atoms with Crippen LogP contribution >= 0.6 is 15.9 Å². The molecule has 0 amide bonds. The van der Waals surface area contributed by atoms with Crippen LogP contribution in [0.1, 0.15) is 30.5 Å². The third kappa shape index (κ3) is 3.91. The summed E-state index contributed by atoms with van der Waals surface area (Å²) < 4.78 is 19.8. The molecule has 0 radical (unpaired) electrons. The van der Waals surface area contributed by atoms with Crippen LogP contribution in [0, 0.1) is 5.82 Å². The molecule has 2 aromatic rings. The summed E-state index contributed by atoms with van der Waals surface area (Å²) in [4.78, 5) is 0. The van der Waals surface area contributed by atoms with Gasteiger partial charge in [-0.25, -0.2) is 4.39 Å². The Bertz CT molecular complexity index is 513. The van der Waals surface area contributed by atoms with Crippen molar-refractivity contribution >= 4 is 15.9 Å². The number of hydrogen-bond acceptors (Lipinski definition) is 2. The number of benzene rings is 1. The maximum atomic E-state index is 13.8. The minimum Gasteiger partial charge on any atom is -0.472 e. The lowest BCUT2D eigenvalue weighted by atomic mass is 10.0. The van der Waals surface area contributed by atoms with E-state index in [9.17, 15) is 4.39 Å². The highest BCUT2D eigenvalue weighted by Crippen LogP contribution is 2.23. The summed E-state index contributed by atoms with van der Waals surface area (Å²) in [6.07, 6.45) is 5.00. The molecule has 4 heteroatoms. The lowest BCUT2D eigenvalue weighted by molar-refractivity contribution is 0.501. The van der Waals surface area contributed by atoms with Gasteiger partial charge in [0.25, 0.3) is 0 Å². The van der Waals surface area contributed by atoms with Crippen LogP contribution in [0.4, 0.5) is 4.39 Å². The molecule has 0 saturated carbocycles. The van der Waals surface area contributed by atoms with Crippen molar-refractivity contribution in [3.63, 3.8) is 0 Å². The Morgan fingerprint density at radius 1 is 1.37 bits per heavy atom. The van der Waals surface area contributed by atoms with E-state index in [1.54, 1.807) is 18.6 Å². The maximum absolute atomic E-state index is 13.8. The van der Waals surface area contributed by atoms with E-state index in [0.29, 0.717) is 12.0 Å². The lowest BCUT2D eigenvalue weighted by Crippen LogP contribution is -2.24. The van der Waals surface area contributed by atoms with Gasteiger partial charge in [-0.15, -0.1) is 0 Å². The Balaban J connectivity index is 2.17. The van der Waals surface area contributed by atoms with Crippen LogP contribution in [0.2, 0.25) is 0 Å². The van der Waals surface area contributed by atoms with Crippen molar-refractivity contribution < 1.29 is 8.81 Å². The summed E-state index contributed by atoms with van der Waals surface area (Å²) in [5.41, 5.74) is 1.75. The van der Waals surface area contributed by atoms with Crippen molar-refractivity contribution in [2.24, 2.45) is 0 Å². The highest BCUT2D eigenvalue weighted by atomic mass is 79.9. The quantitative estimate of drug-likeness (QED) is 0.847. The van der Waals surface area contributed by atoms with Crippen LogP contribution in [0.5, 0.6) is 0 Å². The Morgan fingerprint density at radius 2 is 2.21 bits per heavy atom. The molecule has 102 valence electrons. The average Bonchev–Trinajstić information content (AvgIpc) is 2.92.